The van der Waals surface area contributed by atoms with Gasteiger partial charge in [0.2, 0.25) is 11.8 Å². The van der Waals surface area contributed by atoms with Gasteiger partial charge < -0.3 is 15.5 Å². The Morgan fingerprint density at radius 1 is 1.17 bits per heavy atom. The van der Waals surface area contributed by atoms with Crippen molar-refractivity contribution in [2.45, 2.75) is 25.9 Å². The molecule has 0 spiro atoms. The second kappa shape index (κ2) is 9.08. The predicted molar refractivity (Wildman–Crippen MR) is 112 cm³/mol. The Balaban J connectivity index is 1.61. The maximum Gasteiger partial charge on any atom is 0.325 e. The molecule has 2 heterocycles. The molecule has 158 valence electrons. The van der Waals surface area contributed by atoms with Crippen molar-refractivity contribution < 1.29 is 19.2 Å². The van der Waals surface area contributed by atoms with Crippen LogP contribution < -0.4 is 10.6 Å². The summed E-state index contributed by atoms with van der Waals surface area (Å²) >= 11 is 1.53. The van der Waals surface area contributed by atoms with Crippen molar-refractivity contribution in [2.24, 2.45) is 0 Å². The summed E-state index contributed by atoms with van der Waals surface area (Å²) in [6, 6.07) is 12.1. The Morgan fingerprint density at radius 3 is 2.53 bits per heavy atom. The molecule has 9 heteroatoms. The zero-order valence-electron chi connectivity index (χ0n) is 16.9. The molecule has 0 saturated carbocycles. The van der Waals surface area contributed by atoms with Gasteiger partial charge in [0.25, 0.3) is 5.91 Å². The molecule has 0 unspecified atom stereocenters. The molecule has 1 saturated heterocycles. The molecule has 1 atom stereocenters. The first kappa shape index (κ1) is 21.5. The third-order valence-electron chi connectivity index (χ3n) is 5.03. The minimum Gasteiger partial charge on any atom is -0.350 e. The van der Waals surface area contributed by atoms with Crippen LogP contribution in [0.1, 0.15) is 24.3 Å². The van der Waals surface area contributed by atoms with E-state index >= 15 is 0 Å². The van der Waals surface area contributed by atoms with Crippen LogP contribution in [-0.2, 0) is 26.5 Å². The van der Waals surface area contributed by atoms with Crippen molar-refractivity contribution in [1.29, 1.82) is 0 Å². The van der Waals surface area contributed by atoms with Gasteiger partial charge in [0.1, 0.15) is 12.1 Å². The van der Waals surface area contributed by atoms with Gasteiger partial charge >= 0.3 is 6.03 Å². The summed E-state index contributed by atoms with van der Waals surface area (Å²) < 4.78 is 0. The third-order valence-corrected chi connectivity index (χ3v) is 5.90. The number of imide groups is 1. The summed E-state index contributed by atoms with van der Waals surface area (Å²) in [5.74, 6) is -1.26. The molecular formula is C21H24N4O4S. The Labute approximate surface area is 178 Å². The number of thiophene rings is 1. The number of rotatable bonds is 8. The topological polar surface area (TPSA) is 98.8 Å². The zero-order valence-corrected chi connectivity index (χ0v) is 17.7. The van der Waals surface area contributed by atoms with E-state index in [1.54, 1.807) is 38.1 Å². The Bertz CT molecular complexity index is 932. The monoisotopic (exact) mass is 428 g/mol. The van der Waals surface area contributed by atoms with Gasteiger partial charge in [-0.25, -0.2) is 4.79 Å². The Morgan fingerprint density at radius 2 is 1.90 bits per heavy atom. The van der Waals surface area contributed by atoms with E-state index < -0.39 is 29.9 Å². The molecular weight excluding hydrogens is 404 g/mol. The van der Waals surface area contributed by atoms with Crippen molar-refractivity contribution >= 4 is 35.1 Å². The fourth-order valence-electron chi connectivity index (χ4n) is 3.25. The number of likely N-dealkylation sites (N-methyl/N-ethyl adjacent to an activating group) is 1. The zero-order chi connectivity index (χ0) is 21.7. The molecule has 1 aliphatic heterocycles. The number of benzene rings is 1. The van der Waals surface area contributed by atoms with Gasteiger partial charge in [-0.2, -0.15) is 0 Å². The van der Waals surface area contributed by atoms with Crippen LogP contribution in [-0.4, -0.2) is 53.2 Å². The first-order valence-corrected chi connectivity index (χ1v) is 10.5. The summed E-state index contributed by atoms with van der Waals surface area (Å²) in [6.45, 7) is 3.47. The van der Waals surface area contributed by atoms with E-state index in [1.807, 2.05) is 23.6 Å². The van der Waals surface area contributed by atoms with E-state index in [0.717, 1.165) is 9.78 Å². The summed E-state index contributed by atoms with van der Waals surface area (Å²) in [6.07, 6.45) is 0. The number of nitrogens with one attached hydrogen (secondary N) is 2. The van der Waals surface area contributed by atoms with Gasteiger partial charge in [-0.1, -0.05) is 36.4 Å². The van der Waals surface area contributed by atoms with E-state index in [-0.39, 0.29) is 19.0 Å². The first-order chi connectivity index (χ1) is 14.3. The highest BCUT2D eigenvalue weighted by molar-refractivity contribution is 7.09. The van der Waals surface area contributed by atoms with Gasteiger partial charge in [0, 0.05) is 11.4 Å². The van der Waals surface area contributed by atoms with Gasteiger partial charge in [-0.3, -0.25) is 19.3 Å². The number of amides is 5. The molecule has 5 amide bonds. The number of carbonyl (C=O) groups is 4. The fourth-order valence-corrected chi connectivity index (χ4v) is 3.89. The number of hydrogen-bond acceptors (Lipinski definition) is 5. The second-order valence-corrected chi connectivity index (χ2v) is 8.11. The molecule has 0 bridgehead atoms. The average molecular weight is 429 g/mol. The van der Waals surface area contributed by atoms with Crippen LogP contribution in [0.15, 0.2) is 47.8 Å². The van der Waals surface area contributed by atoms with Gasteiger partial charge in [-0.05, 0) is 30.9 Å². The number of carbonyl (C=O) groups excluding carboxylic acids is 4. The maximum absolute atomic E-state index is 12.9. The molecule has 1 fully saturated rings. The summed E-state index contributed by atoms with van der Waals surface area (Å²) in [5.41, 5.74) is -0.591. The first-order valence-electron chi connectivity index (χ1n) is 9.61. The lowest BCUT2D eigenvalue weighted by molar-refractivity contribution is -0.140. The highest BCUT2D eigenvalue weighted by Crippen LogP contribution is 2.28. The minimum absolute atomic E-state index is 0.139. The van der Waals surface area contributed by atoms with Crippen molar-refractivity contribution in [2.75, 3.05) is 19.6 Å². The molecule has 0 aliphatic carbocycles. The smallest absolute Gasteiger partial charge is 0.325 e. The van der Waals surface area contributed by atoms with Crippen LogP contribution in [0.3, 0.4) is 0 Å². The fraction of sp³-hybridized carbons (Fsp3) is 0.333. The van der Waals surface area contributed by atoms with Crippen LogP contribution in [0.5, 0.6) is 0 Å². The van der Waals surface area contributed by atoms with Gasteiger partial charge in [0.15, 0.2) is 0 Å². The molecule has 0 radical (unpaired) electrons. The summed E-state index contributed by atoms with van der Waals surface area (Å²) in [5, 5.41) is 7.36. The van der Waals surface area contributed by atoms with Crippen molar-refractivity contribution in [3.8, 4) is 0 Å². The quantitative estimate of drug-likeness (QED) is 0.625. The Hall–Kier alpha value is -3.20. The maximum atomic E-state index is 12.9. The van der Waals surface area contributed by atoms with Crippen molar-refractivity contribution in [1.82, 2.24) is 20.4 Å². The SMILES string of the molecule is CCN(CC(=O)NCc1cccs1)C(=O)CN1C(=O)N[C@@](C)(c2ccccc2)C1=O. The minimum atomic E-state index is -1.23. The van der Waals surface area contributed by atoms with E-state index in [4.69, 9.17) is 0 Å². The lowest BCUT2D eigenvalue weighted by Gasteiger charge is -2.24. The number of urea groups is 1. The van der Waals surface area contributed by atoms with Crippen LogP contribution in [0.25, 0.3) is 0 Å². The van der Waals surface area contributed by atoms with Crippen LogP contribution in [0.4, 0.5) is 4.79 Å². The molecule has 8 nitrogen and oxygen atoms in total. The van der Waals surface area contributed by atoms with E-state index in [9.17, 15) is 19.2 Å². The van der Waals surface area contributed by atoms with Crippen LogP contribution >= 0.6 is 11.3 Å². The standard InChI is InChI=1S/C21H24N4O4S/c1-3-24(13-17(26)22-12-16-10-7-11-30-16)18(27)14-25-19(28)21(2,23-20(25)29)15-8-5-4-6-9-15/h4-11H,3,12-14H2,1-2H3,(H,22,26)(H,23,29)/t21-/m0/s1. The highest BCUT2D eigenvalue weighted by Gasteiger charge is 2.49. The van der Waals surface area contributed by atoms with E-state index in [2.05, 4.69) is 10.6 Å². The number of hydrogen-bond donors (Lipinski definition) is 2. The molecule has 1 aromatic heterocycles. The lowest BCUT2D eigenvalue weighted by Crippen LogP contribution is -2.47. The molecule has 3 rings (SSSR count). The molecule has 2 N–H and O–H groups in total. The van der Waals surface area contributed by atoms with Crippen molar-refractivity contribution in [3.63, 3.8) is 0 Å². The molecule has 1 aromatic carbocycles. The van der Waals surface area contributed by atoms with Crippen LogP contribution in [0.2, 0.25) is 0 Å². The van der Waals surface area contributed by atoms with E-state index in [0.29, 0.717) is 12.1 Å². The Kier molecular flexibility index (Phi) is 6.51. The molecule has 30 heavy (non-hydrogen) atoms. The van der Waals surface area contributed by atoms with Crippen molar-refractivity contribution in [3.05, 3.63) is 58.3 Å². The second-order valence-electron chi connectivity index (χ2n) is 7.08. The summed E-state index contributed by atoms with van der Waals surface area (Å²) in [4.78, 5) is 53.5. The third kappa shape index (κ3) is 4.51. The van der Waals surface area contributed by atoms with Gasteiger partial charge in [-0.15, -0.1) is 11.3 Å². The molecule has 1 aliphatic rings. The largest absolute Gasteiger partial charge is 0.350 e. The van der Waals surface area contributed by atoms with Crippen LogP contribution in [0, 0.1) is 0 Å². The summed E-state index contributed by atoms with van der Waals surface area (Å²) in [7, 11) is 0. The average Bonchev–Trinajstić information content (AvgIpc) is 3.34. The molecule has 2 aromatic rings. The highest BCUT2D eigenvalue weighted by atomic mass is 32.1. The van der Waals surface area contributed by atoms with Gasteiger partial charge in [0.05, 0.1) is 13.1 Å². The lowest BCUT2D eigenvalue weighted by atomic mass is 9.92. The predicted octanol–water partition coefficient (Wildman–Crippen LogP) is 1.68. The number of nitrogens with zero attached hydrogens (tertiary/aromatic N) is 2. The van der Waals surface area contributed by atoms with E-state index in [1.165, 1.54) is 16.2 Å². The normalized spacial score (nSPS) is 18.3.